The fourth-order valence-electron chi connectivity index (χ4n) is 3.92. The minimum Gasteiger partial charge on any atom is -0.340 e. The Labute approximate surface area is 154 Å². The van der Waals surface area contributed by atoms with Crippen LogP contribution < -0.4 is 5.32 Å². The van der Waals surface area contributed by atoms with Gasteiger partial charge in [0.1, 0.15) is 5.82 Å². The highest BCUT2D eigenvalue weighted by molar-refractivity contribution is 5.94. The Kier molecular flexibility index (Phi) is 6.61. The maximum Gasteiger partial charge on any atom is 0.254 e. The van der Waals surface area contributed by atoms with Gasteiger partial charge >= 0.3 is 0 Å². The fourth-order valence-corrected chi connectivity index (χ4v) is 3.92. The maximum atomic E-state index is 13.6. The Balaban J connectivity index is 1.68. The van der Waals surface area contributed by atoms with E-state index in [-0.39, 0.29) is 17.9 Å². The van der Waals surface area contributed by atoms with E-state index in [0.29, 0.717) is 18.5 Å². The zero-order valence-electron chi connectivity index (χ0n) is 15.3. The number of nitrogens with one attached hydrogen (secondary N) is 1. The summed E-state index contributed by atoms with van der Waals surface area (Å²) in [6.07, 6.45) is 5.65. The third kappa shape index (κ3) is 4.81. The zero-order chi connectivity index (χ0) is 18.4. The molecule has 3 rings (SSSR count). The molecule has 0 unspecified atom stereocenters. The number of halogens is 1. The Morgan fingerprint density at radius 2 is 1.88 bits per heavy atom. The first-order valence-corrected chi connectivity index (χ1v) is 9.70. The molecule has 1 aromatic rings. The maximum absolute atomic E-state index is 13.6. The molecule has 1 aromatic carbocycles. The second kappa shape index (κ2) is 9.12. The summed E-state index contributed by atoms with van der Waals surface area (Å²) in [6.45, 7) is 3.49. The van der Waals surface area contributed by atoms with Gasteiger partial charge in [0.15, 0.2) is 0 Å². The van der Waals surface area contributed by atoms with Gasteiger partial charge in [0.25, 0.3) is 5.91 Å². The van der Waals surface area contributed by atoms with Crippen LogP contribution in [0.3, 0.4) is 0 Å². The second-order valence-corrected chi connectivity index (χ2v) is 7.18. The van der Waals surface area contributed by atoms with Crippen LogP contribution in [0.1, 0.15) is 48.9 Å². The van der Waals surface area contributed by atoms with E-state index < -0.39 is 5.82 Å². The predicted molar refractivity (Wildman–Crippen MR) is 98.4 cm³/mol. The molecule has 0 bridgehead atoms. The van der Waals surface area contributed by atoms with E-state index in [2.05, 4.69) is 5.32 Å². The number of nitrogens with zero attached hydrogens (tertiary/aromatic N) is 2. The summed E-state index contributed by atoms with van der Waals surface area (Å²) in [6, 6.07) is 5.99. The molecular weight excluding hydrogens is 333 g/mol. The molecular formula is C20H28FN3O2. The van der Waals surface area contributed by atoms with Gasteiger partial charge in [-0.2, -0.15) is 0 Å². The standard InChI is InChI=1S/C20H28FN3O2/c21-17-6-4-5-16(15-17)20(26)24(18-7-2-1-3-8-18)12-9-19(25)23-13-10-22-11-14-23/h4-6,15,18,22H,1-3,7-14H2. The van der Waals surface area contributed by atoms with Crippen molar-refractivity contribution in [2.75, 3.05) is 32.7 Å². The zero-order valence-corrected chi connectivity index (χ0v) is 15.3. The van der Waals surface area contributed by atoms with E-state index in [4.69, 9.17) is 0 Å². The van der Waals surface area contributed by atoms with Gasteiger partial charge in [-0.25, -0.2) is 4.39 Å². The minimum absolute atomic E-state index is 0.0966. The van der Waals surface area contributed by atoms with Gasteiger partial charge in [0.05, 0.1) is 0 Å². The van der Waals surface area contributed by atoms with Crippen LogP contribution in [0.25, 0.3) is 0 Å². The van der Waals surface area contributed by atoms with Crippen LogP contribution >= 0.6 is 0 Å². The summed E-state index contributed by atoms with van der Waals surface area (Å²) >= 11 is 0. The van der Waals surface area contributed by atoms with Crippen molar-refractivity contribution in [3.8, 4) is 0 Å². The summed E-state index contributed by atoms with van der Waals surface area (Å²) in [7, 11) is 0. The monoisotopic (exact) mass is 361 g/mol. The highest BCUT2D eigenvalue weighted by Crippen LogP contribution is 2.24. The van der Waals surface area contributed by atoms with E-state index in [1.807, 2.05) is 9.80 Å². The van der Waals surface area contributed by atoms with E-state index in [1.165, 1.54) is 18.6 Å². The number of rotatable bonds is 5. The van der Waals surface area contributed by atoms with Crippen molar-refractivity contribution >= 4 is 11.8 Å². The van der Waals surface area contributed by atoms with Crippen LogP contribution in [0.15, 0.2) is 24.3 Å². The lowest BCUT2D eigenvalue weighted by Gasteiger charge is -2.35. The third-order valence-electron chi connectivity index (χ3n) is 5.38. The Morgan fingerprint density at radius 1 is 1.15 bits per heavy atom. The largest absolute Gasteiger partial charge is 0.340 e. The van der Waals surface area contributed by atoms with Gasteiger partial charge in [-0.3, -0.25) is 9.59 Å². The second-order valence-electron chi connectivity index (χ2n) is 7.18. The van der Waals surface area contributed by atoms with Crippen molar-refractivity contribution < 1.29 is 14.0 Å². The number of amides is 2. The molecule has 26 heavy (non-hydrogen) atoms. The van der Waals surface area contributed by atoms with Gasteiger partial charge in [-0.05, 0) is 31.0 Å². The molecule has 1 saturated heterocycles. The molecule has 0 aromatic heterocycles. The minimum atomic E-state index is -0.406. The average Bonchev–Trinajstić information content (AvgIpc) is 2.69. The molecule has 1 saturated carbocycles. The van der Waals surface area contributed by atoms with Crippen LogP contribution in [0, 0.1) is 5.82 Å². The number of carbonyl (C=O) groups is 2. The normalized spacial score (nSPS) is 18.6. The average molecular weight is 361 g/mol. The quantitative estimate of drug-likeness (QED) is 0.876. The number of piperazine rings is 1. The summed E-state index contributed by atoms with van der Waals surface area (Å²) in [4.78, 5) is 29.2. The number of benzene rings is 1. The number of hydrogen-bond donors (Lipinski definition) is 1. The molecule has 0 radical (unpaired) electrons. The topological polar surface area (TPSA) is 52.7 Å². The van der Waals surface area contributed by atoms with Gasteiger partial charge in [-0.1, -0.05) is 25.3 Å². The first-order chi connectivity index (χ1) is 12.6. The van der Waals surface area contributed by atoms with Gasteiger partial charge < -0.3 is 15.1 Å². The van der Waals surface area contributed by atoms with Crippen molar-refractivity contribution in [3.63, 3.8) is 0 Å². The lowest BCUT2D eigenvalue weighted by atomic mass is 9.93. The first kappa shape index (κ1) is 18.8. The van der Waals surface area contributed by atoms with E-state index >= 15 is 0 Å². The van der Waals surface area contributed by atoms with Gasteiger partial charge in [-0.15, -0.1) is 0 Å². The Morgan fingerprint density at radius 3 is 2.58 bits per heavy atom. The van der Waals surface area contributed by atoms with Crippen LogP contribution in [0.2, 0.25) is 0 Å². The molecule has 1 aliphatic heterocycles. The van der Waals surface area contributed by atoms with E-state index in [9.17, 15) is 14.0 Å². The lowest BCUT2D eigenvalue weighted by Crippen LogP contribution is -2.48. The molecule has 2 amide bonds. The van der Waals surface area contributed by atoms with Crippen LogP contribution in [0.5, 0.6) is 0 Å². The van der Waals surface area contributed by atoms with Crippen molar-refractivity contribution in [2.45, 2.75) is 44.6 Å². The molecule has 2 fully saturated rings. The molecule has 0 atom stereocenters. The Hall–Kier alpha value is -1.95. The number of carbonyl (C=O) groups excluding carboxylic acids is 2. The van der Waals surface area contributed by atoms with Crippen molar-refractivity contribution in [2.24, 2.45) is 0 Å². The summed E-state index contributed by atoms with van der Waals surface area (Å²) in [5.41, 5.74) is 0.366. The van der Waals surface area contributed by atoms with Gasteiger partial charge in [0.2, 0.25) is 5.91 Å². The van der Waals surface area contributed by atoms with Crippen LogP contribution in [-0.4, -0.2) is 60.4 Å². The molecule has 0 spiro atoms. The summed E-state index contributed by atoms with van der Waals surface area (Å²) < 4.78 is 13.6. The summed E-state index contributed by atoms with van der Waals surface area (Å²) in [5, 5.41) is 3.24. The SMILES string of the molecule is O=C(CCN(C(=O)c1cccc(F)c1)C1CCCCC1)N1CCNCC1. The van der Waals surface area contributed by atoms with Crippen molar-refractivity contribution in [1.82, 2.24) is 15.1 Å². The van der Waals surface area contributed by atoms with E-state index in [1.54, 1.807) is 12.1 Å². The van der Waals surface area contributed by atoms with Crippen molar-refractivity contribution in [1.29, 1.82) is 0 Å². The van der Waals surface area contributed by atoms with Crippen LogP contribution in [-0.2, 0) is 4.79 Å². The smallest absolute Gasteiger partial charge is 0.254 e. The third-order valence-corrected chi connectivity index (χ3v) is 5.38. The lowest BCUT2D eigenvalue weighted by molar-refractivity contribution is -0.132. The van der Waals surface area contributed by atoms with Crippen molar-refractivity contribution in [3.05, 3.63) is 35.6 Å². The highest BCUT2D eigenvalue weighted by Gasteiger charge is 2.27. The predicted octanol–water partition coefficient (Wildman–Crippen LogP) is 2.42. The van der Waals surface area contributed by atoms with E-state index in [0.717, 1.165) is 51.9 Å². The molecule has 5 nitrogen and oxygen atoms in total. The fraction of sp³-hybridized carbons (Fsp3) is 0.600. The molecule has 1 heterocycles. The summed E-state index contributed by atoms with van der Waals surface area (Å²) in [5.74, 6) is -0.472. The number of hydrogen-bond acceptors (Lipinski definition) is 3. The molecule has 2 aliphatic rings. The van der Waals surface area contributed by atoms with Crippen LogP contribution in [0.4, 0.5) is 4.39 Å². The first-order valence-electron chi connectivity index (χ1n) is 9.70. The highest BCUT2D eigenvalue weighted by atomic mass is 19.1. The molecule has 1 N–H and O–H groups in total. The molecule has 6 heteroatoms. The molecule has 142 valence electrons. The Bertz CT molecular complexity index is 625. The molecule has 1 aliphatic carbocycles. The van der Waals surface area contributed by atoms with Gasteiger partial charge in [0, 0.05) is 50.7 Å².